The summed E-state index contributed by atoms with van der Waals surface area (Å²) in [6, 6.07) is 4.57. The summed E-state index contributed by atoms with van der Waals surface area (Å²) in [6.07, 6.45) is 7.19. The standard InChI is InChI=1S/C15H23N5O2S/c1-18-8-3-5-14(18)15-6-4-9-20(15)10-7-17-23(21,22)13-11-16-19(2)12-13/h3,5,8,11-12,15,17H,4,6-7,9-10H2,1-2H3. The quantitative estimate of drug-likeness (QED) is 0.849. The van der Waals surface area contributed by atoms with Crippen LogP contribution in [0.3, 0.4) is 0 Å². The van der Waals surface area contributed by atoms with Gasteiger partial charge < -0.3 is 4.57 Å². The second kappa shape index (κ2) is 6.46. The molecule has 126 valence electrons. The molecule has 23 heavy (non-hydrogen) atoms. The molecule has 1 unspecified atom stereocenters. The lowest BCUT2D eigenvalue weighted by Crippen LogP contribution is -2.35. The van der Waals surface area contributed by atoms with E-state index >= 15 is 0 Å². The minimum atomic E-state index is -3.48. The van der Waals surface area contributed by atoms with Crippen molar-refractivity contribution in [1.29, 1.82) is 0 Å². The normalized spacial score (nSPS) is 19.5. The van der Waals surface area contributed by atoms with Gasteiger partial charge in [0.1, 0.15) is 4.90 Å². The summed E-state index contributed by atoms with van der Waals surface area (Å²) in [4.78, 5) is 2.56. The lowest BCUT2D eigenvalue weighted by atomic mass is 10.1. The predicted molar refractivity (Wildman–Crippen MR) is 87.4 cm³/mol. The maximum atomic E-state index is 12.2. The number of nitrogens with zero attached hydrogens (tertiary/aromatic N) is 4. The minimum absolute atomic E-state index is 0.209. The Balaban J connectivity index is 1.59. The first-order valence-electron chi connectivity index (χ1n) is 7.81. The van der Waals surface area contributed by atoms with E-state index in [0.717, 1.165) is 19.4 Å². The first-order chi connectivity index (χ1) is 11.0. The van der Waals surface area contributed by atoms with Crippen molar-refractivity contribution in [2.45, 2.75) is 23.8 Å². The Bertz CT molecular complexity index is 764. The second-order valence-corrected chi connectivity index (χ2v) is 7.75. The van der Waals surface area contributed by atoms with Gasteiger partial charge in [0.2, 0.25) is 10.0 Å². The van der Waals surface area contributed by atoms with Crippen LogP contribution in [0.5, 0.6) is 0 Å². The third-order valence-electron chi connectivity index (χ3n) is 4.37. The highest BCUT2D eigenvalue weighted by Crippen LogP contribution is 2.31. The number of sulfonamides is 1. The van der Waals surface area contributed by atoms with E-state index in [1.54, 1.807) is 7.05 Å². The fourth-order valence-electron chi connectivity index (χ4n) is 3.19. The van der Waals surface area contributed by atoms with Crippen LogP contribution in [0.25, 0.3) is 0 Å². The van der Waals surface area contributed by atoms with Gasteiger partial charge in [0.25, 0.3) is 0 Å². The first-order valence-corrected chi connectivity index (χ1v) is 9.29. The van der Waals surface area contributed by atoms with Gasteiger partial charge in [-0.05, 0) is 31.5 Å². The zero-order valence-corrected chi connectivity index (χ0v) is 14.3. The number of likely N-dealkylation sites (tertiary alicyclic amines) is 1. The molecule has 0 saturated carbocycles. The first kappa shape index (κ1) is 16.2. The second-order valence-electron chi connectivity index (χ2n) is 5.99. The predicted octanol–water partition coefficient (Wildman–Crippen LogP) is 0.874. The minimum Gasteiger partial charge on any atom is -0.353 e. The average molecular weight is 337 g/mol. The number of aryl methyl sites for hydroxylation is 2. The van der Waals surface area contributed by atoms with E-state index in [1.807, 2.05) is 0 Å². The van der Waals surface area contributed by atoms with Crippen LogP contribution in [-0.4, -0.2) is 47.3 Å². The Morgan fingerprint density at radius 3 is 2.87 bits per heavy atom. The van der Waals surface area contributed by atoms with Crippen molar-refractivity contribution in [3.8, 4) is 0 Å². The van der Waals surface area contributed by atoms with Gasteiger partial charge in [0.05, 0.1) is 12.2 Å². The van der Waals surface area contributed by atoms with Crippen LogP contribution in [-0.2, 0) is 24.1 Å². The third kappa shape index (κ3) is 3.49. The molecule has 1 aliphatic rings. The van der Waals surface area contributed by atoms with E-state index in [0.29, 0.717) is 19.1 Å². The van der Waals surface area contributed by atoms with Crippen LogP contribution >= 0.6 is 0 Å². The van der Waals surface area contributed by atoms with Crippen molar-refractivity contribution in [2.75, 3.05) is 19.6 Å². The number of hydrogen-bond acceptors (Lipinski definition) is 4. The fraction of sp³-hybridized carbons (Fsp3) is 0.533. The summed E-state index contributed by atoms with van der Waals surface area (Å²) in [5, 5.41) is 3.91. The molecule has 1 fully saturated rings. The summed E-state index contributed by atoms with van der Waals surface area (Å²) >= 11 is 0. The largest absolute Gasteiger partial charge is 0.353 e. The Hall–Kier alpha value is -1.64. The van der Waals surface area contributed by atoms with E-state index in [9.17, 15) is 8.42 Å². The van der Waals surface area contributed by atoms with Gasteiger partial charge in [-0.25, -0.2) is 13.1 Å². The van der Waals surface area contributed by atoms with Gasteiger partial charge in [-0.1, -0.05) is 0 Å². The molecule has 1 N–H and O–H groups in total. The monoisotopic (exact) mass is 337 g/mol. The van der Waals surface area contributed by atoms with Gasteiger partial charge in [0.15, 0.2) is 0 Å². The Kier molecular flexibility index (Phi) is 4.56. The van der Waals surface area contributed by atoms with Crippen LogP contribution in [0.1, 0.15) is 24.6 Å². The Morgan fingerprint density at radius 1 is 1.39 bits per heavy atom. The van der Waals surface area contributed by atoms with Crippen molar-refractivity contribution in [2.24, 2.45) is 14.1 Å². The number of hydrogen-bond donors (Lipinski definition) is 1. The van der Waals surface area contributed by atoms with Crippen molar-refractivity contribution in [3.05, 3.63) is 36.4 Å². The molecular weight excluding hydrogens is 314 g/mol. The van der Waals surface area contributed by atoms with Crippen LogP contribution in [0.2, 0.25) is 0 Å². The summed E-state index contributed by atoms with van der Waals surface area (Å²) in [5.74, 6) is 0. The van der Waals surface area contributed by atoms with Crippen molar-refractivity contribution >= 4 is 10.0 Å². The third-order valence-corrected chi connectivity index (χ3v) is 5.79. The molecule has 0 spiro atoms. The molecule has 8 heteroatoms. The fourth-order valence-corrected chi connectivity index (χ4v) is 4.20. The van der Waals surface area contributed by atoms with Crippen molar-refractivity contribution < 1.29 is 8.42 Å². The smallest absolute Gasteiger partial charge is 0.243 e. The maximum absolute atomic E-state index is 12.2. The highest BCUT2D eigenvalue weighted by atomic mass is 32.2. The molecule has 2 aromatic heterocycles. The molecule has 1 saturated heterocycles. The Labute approximate surface area is 136 Å². The van der Waals surface area contributed by atoms with Crippen LogP contribution < -0.4 is 4.72 Å². The van der Waals surface area contributed by atoms with Gasteiger partial charge in [-0.15, -0.1) is 0 Å². The molecule has 0 aromatic carbocycles. The van der Waals surface area contributed by atoms with E-state index in [1.165, 1.54) is 22.8 Å². The lowest BCUT2D eigenvalue weighted by molar-refractivity contribution is 0.254. The van der Waals surface area contributed by atoms with Crippen molar-refractivity contribution in [1.82, 2.24) is 24.0 Å². The molecule has 1 aliphatic heterocycles. The SMILES string of the molecule is Cn1cc(S(=O)(=O)NCCN2CCCC2c2cccn2C)cn1. The molecule has 0 aliphatic carbocycles. The van der Waals surface area contributed by atoms with Gasteiger partial charge in [0, 0.05) is 45.3 Å². The molecule has 0 bridgehead atoms. The number of aromatic nitrogens is 3. The number of nitrogens with one attached hydrogen (secondary N) is 1. The van der Waals surface area contributed by atoms with Crippen molar-refractivity contribution in [3.63, 3.8) is 0 Å². The van der Waals surface area contributed by atoms with Gasteiger partial charge >= 0.3 is 0 Å². The summed E-state index contributed by atoms with van der Waals surface area (Å²) in [5.41, 5.74) is 1.29. The molecular formula is C15H23N5O2S. The van der Waals surface area contributed by atoms with E-state index in [-0.39, 0.29) is 4.90 Å². The topological polar surface area (TPSA) is 72.2 Å². The van der Waals surface area contributed by atoms with Gasteiger partial charge in [-0.2, -0.15) is 5.10 Å². The molecule has 0 radical (unpaired) electrons. The van der Waals surface area contributed by atoms with E-state index < -0.39 is 10.0 Å². The van der Waals surface area contributed by atoms with Crippen LogP contribution in [0.4, 0.5) is 0 Å². The zero-order valence-electron chi connectivity index (χ0n) is 13.5. The Morgan fingerprint density at radius 2 is 2.22 bits per heavy atom. The molecule has 3 rings (SSSR count). The summed E-state index contributed by atoms with van der Waals surface area (Å²) in [6.45, 7) is 2.11. The molecule has 1 atom stereocenters. The lowest BCUT2D eigenvalue weighted by Gasteiger charge is -2.25. The zero-order chi connectivity index (χ0) is 16.4. The van der Waals surface area contributed by atoms with E-state index in [4.69, 9.17) is 0 Å². The van der Waals surface area contributed by atoms with E-state index in [2.05, 4.69) is 44.7 Å². The van der Waals surface area contributed by atoms with Gasteiger partial charge in [-0.3, -0.25) is 9.58 Å². The average Bonchev–Trinajstić information content (AvgIpc) is 3.20. The summed E-state index contributed by atoms with van der Waals surface area (Å²) in [7, 11) is 0.279. The molecule has 2 aromatic rings. The van der Waals surface area contributed by atoms with Crippen LogP contribution in [0.15, 0.2) is 35.6 Å². The highest BCUT2D eigenvalue weighted by molar-refractivity contribution is 7.89. The maximum Gasteiger partial charge on any atom is 0.243 e. The molecule has 3 heterocycles. The molecule has 0 amide bonds. The summed E-state index contributed by atoms with van der Waals surface area (Å²) < 4.78 is 30.7. The highest BCUT2D eigenvalue weighted by Gasteiger charge is 2.27. The number of rotatable bonds is 6. The van der Waals surface area contributed by atoms with Crippen LogP contribution in [0, 0.1) is 0 Å². The molecule has 7 nitrogen and oxygen atoms in total.